The Morgan fingerprint density at radius 1 is 1.38 bits per heavy atom. The summed E-state index contributed by atoms with van der Waals surface area (Å²) in [5, 5.41) is 17.0. The van der Waals surface area contributed by atoms with E-state index in [4.69, 9.17) is 4.74 Å². The third kappa shape index (κ3) is 3.75. The SMILES string of the molecule is COc1nc(C)c(F)cc1Cn1nc(C(=O)NCC2(O)CC2)c2ncc(C)nc21. The number of ether oxygens (including phenoxy) is 1. The lowest BCUT2D eigenvalue weighted by atomic mass is 10.2. The highest BCUT2D eigenvalue weighted by molar-refractivity contribution is 6.02. The number of fused-ring (bicyclic) bond motifs is 1. The number of hydrogen-bond donors (Lipinski definition) is 2. The molecule has 10 heteroatoms. The number of methoxy groups -OCH3 is 1. The molecule has 3 heterocycles. The van der Waals surface area contributed by atoms with Crippen LogP contribution < -0.4 is 10.1 Å². The van der Waals surface area contributed by atoms with Gasteiger partial charge in [0, 0.05) is 18.3 Å². The Kier molecular flexibility index (Phi) is 4.65. The number of pyridine rings is 1. The third-order valence-corrected chi connectivity index (χ3v) is 4.89. The predicted octanol–water partition coefficient (Wildman–Crippen LogP) is 1.29. The molecule has 1 aliphatic carbocycles. The highest BCUT2D eigenvalue weighted by Crippen LogP contribution is 2.34. The monoisotopic (exact) mass is 400 g/mol. The second-order valence-corrected chi connectivity index (χ2v) is 7.32. The number of hydrogen-bond acceptors (Lipinski definition) is 7. The molecule has 0 aliphatic heterocycles. The van der Waals surface area contributed by atoms with E-state index in [0.29, 0.717) is 35.3 Å². The minimum Gasteiger partial charge on any atom is -0.481 e. The number of nitrogens with zero attached hydrogens (tertiary/aromatic N) is 5. The van der Waals surface area contributed by atoms with Crippen molar-refractivity contribution < 1.29 is 19.0 Å². The number of halogens is 1. The van der Waals surface area contributed by atoms with Gasteiger partial charge in [-0.2, -0.15) is 5.10 Å². The van der Waals surface area contributed by atoms with Crippen molar-refractivity contribution >= 4 is 17.1 Å². The first-order valence-electron chi connectivity index (χ1n) is 9.20. The smallest absolute Gasteiger partial charge is 0.274 e. The predicted molar refractivity (Wildman–Crippen MR) is 101 cm³/mol. The Bertz CT molecular complexity index is 1110. The molecular formula is C19H21FN6O3. The Morgan fingerprint density at radius 2 is 2.14 bits per heavy atom. The maximum absolute atomic E-state index is 14.1. The number of nitrogens with one attached hydrogen (secondary N) is 1. The van der Waals surface area contributed by atoms with Crippen molar-refractivity contribution in [2.24, 2.45) is 0 Å². The summed E-state index contributed by atoms with van der Waals surface area (Å²) in [5.74, 6) is -0.641. The van der Waals surface area contributed by atoms with Gasteiger partial charge in [0.2, 0.25) is 5.88 Å². The minimum absolute atomic E-state index is 0.0938. The first-order valence-corrected chi connectivity index (χ1v) is 9.20. The number of carbonyl (C=O) groups is 1. The molecule has 3 aromatic rings. The molecule has 9 nitrogen and oxygen atoms in total. The molecule has 0 bridgehead atoms. The van der Waals surface area contributed by atoms with E-state index in [1.807, 2.05) is 0 Å². The summed E-state index contributed by atoms with van der Waals surface area (Å²) < 4.78 is 20.8. The lowest BCUT2D eigenvalue weighted by Gasteiger charge is -2.10. The van der Waals surface area contributed by atoms with E-state index in [1.54, 1.807) is 20.0 Å². The van der Waals surface area contributed by atoms with Gasteiger partial charge in [0.15, 0.2) is 11.3 Å². The van der Waals surface area contributed by atoms with Gasteiger partial charge in [-0.25, -0.2) is 24.0 Å². The zero-order valence-electron chi connectivity index (χ0n) is 16.4. The van der Waals surface area contributed by atoms with Crippen LogP contribution in [-0.4, -0.2) is 55.0 Å². The number of amides is 1. The summed E-state index contributed by atoms with van der Waals surface area (Å²) in [7, 11) is 1.45. The van der Waals surface area contributed by atoms with Crippen molar-refractivity contribution in [3.05, 3.63) is 40.7 Å². The summed E-state index contributed by atoms with van der Waals surface area (Å²) in [6, 6.07) is 1.33. The van der Waals surface area contributed by atoms with Gasteiger partial charge >= 0.3 is 0 Å². The number of aromatic nitrogens is 5. The molecular weight excluding hydrogens is 379 g/mol. The first kappa shape index (κ1) is 19.2. The quantitative estimate of drug-likeness (QED) is 0.641. The number of aliphatic hydroxyl groups is 1. The summed E-state index contributed by atoms with van der Waals surface area (Å²) in [4.78, 5) is 25.5. The van der Waals surface area contributed by atoms with Gasteiger partial charge in [-0.15, -0.1) is 0 Å². The topological polar surface area (TPSA) is 115 Å². The van der Waals surface area contributed by atoms with Gasteiger partial charge < -0.3 is 15.2 Å². The number of rotatable bonds is 6. The van der Waals surface area contributed by atoms with E-state index >= 15 is 0 Å². The van der Waals surface area contributed by atoms with Crippen molar-refractivity contribution in [1.29, 1.82) is 0 Å². The molecule has 0 saturated heterocycles. The molecule has 3 aromatic heterocycles. The second-order valence-electron chi connectivity index (χ2n) is 7.32. The van der Waals surface area contributed by atoms with Gasteiger partial charge in [0.1, 0.15) is 11.3 Å². The molecule has 1 amide bonds. The fourth-order valence-corrected chi connectivity index (χ4v) is 2.99. The van der Waals surface area contributed by atoms with Crippen LogP contribution in [0.5, 0.6) is 5.88 Å². The molecule has 0 spiro atoms. The summed E-state index contributed by atoms with van der Waals surface area (Å²) in [6.45, 7) is 3.58. The van der Waals surface area contributed by atoms with Crippen molar-refractivity contribution in [2.45, 2.75) is 38.8 Å². The Balaban J connectivity index is 1.72. The Hall–Kier alpha value is -3.14. The highest BCUT2D eigenvalue weighted by Gasteiger charge is 2.40. The minimum atomic E-state index is -0.825. The molecule has 0 unspecified atom stereocenters. The molecule has 0 atom stereocenters. The molecule has 152 valence electrons. The Morgan fingerprint density at radius 3 is 2.83 bits per heavy atom. The van der Waals surface area contributed by atoms with Crippen LogP contribution in [0.4, 0.5) is 4.39 Å². The average Bonchev–Trinajstić information content (AvgIpc) is 3.33. The summed E-state index contributed by atoms with van der Waals surface area (Å²) >= 11 is 0. The highest BCUT2D eigenvalue weighted by atomic mass is 19.1. The van der Waals surface area contributed by atoms with Gasteiger partial charge in [-0.05, 0) is 32.8 Å². The maximum Gasteiger partial charge on any atom is 0.274 e. The van der Waals surface area contributed by atoms with E-state index in [9.17, 15) is 14.3 Å². The van der Waals surface area contributed by atoms with Crippen molar-refractivity contribution in [3.8, 4) is 5.88 Å². The fourth-order valence-electron chi connectivity index (χ4n) is 2.99. The van der Waals surface area contributed by atoms with Crippen LogP contribution >= 0.6 is 0 Å². The van der Waals surface area contributed by atoms with Crippen molar-refractivity contribution in [3.63, 3.8) is 0 Å². The largest absolute Gasteiger partial charge is 0.481 e. The zero-order chi connectivity index (χ0) is 20.8. The number of carbonyl (C=O) groups excluding carboxylic acids is 1. The third-order valence-electron chi connectivity index (χ3n) is 4.89. The van der Waals surface area contributed by atoms with Crippen LogP contribution in [0.3, 0.4) is 0 Å². The van der Waals surface area contributed by atoms with E-state index in [-0.39, 0.29) is 30.4 Å². The van der Waals surface area contributed by atoms with Gasteiger partial charge in [0.25, 0.3) is 5.91 Å². The van der Waals surface area contributed by atoms with Crippen LogP contribution in [0.1, 0.15) is 40.3 Å². The van der Waals surface area contributed by atoms with Crippen LogP contribution in [0.2, 0.25) is 0 Å². The standard InChI is InChI=1S/C19H21FN6O3/c1-10-7-21-14-15(17(27)22-9-19(28)4-5-19)25-26(16(14)23-10)8-12-6-13(20)11(2)24-18(12)29-3/h6-7,28H,4-5,8-9H2,1-3H3,(H,22,27). The van der Waals surface area contributed by atoms with Crippen LogP contribution in [0.15, 0.2) is 12.3 Å². The lowest BCUT2D eigenvalue weighted by molar-refractivity contribution is 0.0892. The van der Waals surface area contributed by atoms with E-state index < -0.39 is 17.3 Å². The van der Waals surface area contributed by atoms with Crippen LogP contribution in [0.25, 0.3) is 11.2 Å². The maximum atomic E-state index is 14.1. The molecule has 29 heavy (non-hydrogen) atoms. The second kappa shape index (κ2) is 7.03. The van der Waals surface area contributed by atoms with E-state index in [2.05, 4.69) is 25.4 Å². The van der Waals surface area contributed by atoms with Gasteiger partial charge in [0.05, 0.1) is 30.6 Å². The zero-order valence-corrected chi connectivity index (χ0v) is 16.4. The summed E-state index contributed by atoms with van der Waals surface area (Å²) in [5.41, 5.74) is 1.33. The lowest BCUT2D eigenvalue weighted by Crippen LogP contribution is -2.33. The van der Waals surface area contributed by atoms with E-state index in [0.717, 1.165) is 0 Å². The number of aryl methyl sites for hydroxylation is 2. The van der Waals surface area contributed by atoms with Crippen molar-refractivity contribution in [2.75, 3.05) is 13.7 Å². The van der Waals surface area contributed by atoms with Gasteiger partial charge in [-0.3, -0.25) is 4.79 Å². The molecule has 1 fully saturated rings. The summed E-state index contributed by atoms with van der Waals surface area (Å²) in [6.07, 6.45) is 2.87. The molecule has 4 rings (SSSR count). The first-order chi connectivity index (χ1) is 13.8. The Labute approximate surface area is 165 Å². The van der Waals surface area contributed by atoms with Crippen LogP contribution in [0, 0.1) is 19.7 Å². The molecule has 1 saturated carbocycles. The fraction of sp³-hybridized carbons (Fsp3) is 0.421. The van der Waals surface area contributed by atoms with Gasteiger partial charge in [-0.1, -0.05) is 0 Å². The molecule has 0 aromatic carbocycles. The van der Waals surface area contributed by atoms with E-state index in [1.165, 1.54) is 17.9 Å². The van der Waals surface area contributed by atoms with Crippen LogP contribution in [-0.2, 0) is 6.54 Å². The molecule has 0 radical (unpaired) electrons. The molecule has 1 aliphatic rings. The molecule has 2 N–H and O–H groups in total. The van der Waals surface area contributed by atoms with Crippen molar-refractivity contribution in [1.82, 2.24) is 30.0 Å². The normalized spacial score (nSPS) is 14.8. The average molecular weight is 400 g/mol.